The summed E-state index contributed by atoms with van der Waals surface area (Å²) in [4.78, 5) is 24.9. The van der Waals surface area contributed by atoms with Crippen LogP contribution in [-0.4, -0.2) is 30.8 Å². The normalized spacial score (nSPS) is 11.0. The molecule has 4 aromatic carbocycles. The number of hydrogen-bond donors (Lipinski definition) is 3. The Labute approximate surface area is 241 Å². The maximum absolute atomic E-state index is 13.0. The largest absolute Gasteiger partial charge is 0.355 e. The predicted molar refractivity (Wildman–Crippen MR) is 167 cm³/mol. The fourth-order valence-corrected chi connectivity index (χ4v) is 6.08. The second-order valence-corrected chi connectivity index (χ2v) is 10.8. The second kappa shape index (κ2) is 15.5. The van der Waals surface area contributed by atoms with Gasteiger partial charge in [0.1, 0.15) is 0 Å². The van der Waals surface area contributed by atoms with E-state index in [0.717, 1.165) is 48.1 Å². The van der Waals surface area contributed by atoms with Gasteiger partial charge in [-0.1, -0.05) is 122 Å². The summed E-state index contributed by atoms with van der Waals surface area (Å²) < 4.78 is -0.499. The van der Waals surface area contributed by atoms with E-state index in [4.69, 9.17) is 0 Å². The summed E-state index contributed by atoms with van der Waals surface area (Å²) in [5.41, 5.74) is 4.23. The minimum absolute atomic E-state index is 0.0384. The third-order valence-electron chi connectivity index (χ3n) is 6.70. The van der Waals surface area contributed by atoms with E-state index in [1.807, 2.05) is 48.5 Å². The Kier molecular flexibility index (Phi) is 11.2. The molecule has 5 nitrogen and oxygen atoms in total. The molecule has 0 unspecified atom stereocenters. The van der Waals surface area contributed by atoms with E-state index >= 15 is 0 Å². The first-order valence-electron chi connectivity index (χ1n) is 13.9. The van der Waals surface area contributed by atoms with Gasteiger partial charge in [0, 0.05) is 18.8 Å². The molecule has 0 saturated carbocycles. The van der Waals surface area contributed by atoms with Gasteiger partial charge < -0.3 is 16.0 Å². The van der Waals surface area contributed by atoms with Crippen LogP contribution in [0.15, 0.2) is 121 Å². The third-order valence-corrected chi connectivity index (χ3v) is 8.25. The first-order chi connectivity index (χ1) is 19.7. The highest BCUT2D eigenvalue weighted by molar-refractivity contribution is 8.01. The highest BCUT2D eigenvalue weighted by Gasteiger charge is 2.37. The number of nitrogens with one attached hydrogen (secondary N) is 3. The molecule has 40 heavy (non-hydrogen) atoms. The zero-order chi connectivity index (χ0) is 27.9. The van der Waals surface area contributed by atoms with E-state index in [9.17, 15) is 9.59 Å². The van der Waals surface area contributed by atoms with Crippen LogP contribution < -0.4 is 16.0 Å². The number of rotatable bonds is 14. The van der Waals surface area contributed by atoms with E-state index in [2.05, 4.69) is 88.7 Å². The lowest BCUT2D eigenvalue weighted by atomic mass is 9.84. The molecule has 4 aromatic rings. The lowest BCUT2D eigenvalue weighted by molar-refractivity contribution is -0.118. The molecule has 0 bridgehead atoms. The van der Waals surface area contributed by atoms with Crippen LogP contribution >= 0.6 is 11.8 Å². The van der Waals surface area contributed by atoms with Crippen molar-refractivity contribution < 1.29 is 9.59 Å². The van der Waals surface area contributed by atoms with Gasteiger partial charge in [-0.3, -0.25) is 4.79 Å². The van der Waals surface area contributed by atoms with Crippen LogP contribution in [0.1, 0.15) is 42.4 Å². The van der Waals surface area contributed by atoms with Crippen molar-refractivity contribution in [3.05, 3.63) is 138 Å². The van der Waals surface area contributed by atoms with Crippen molar-refractivity contribution in [1.29, 1.82) is 0 Å². The zero-order valence-corrected chi connectivity index (χ0v) is 23.5. The summed E-state index contributed by atoms with van der Waals surface area (Å²) in [6.07, 6.45) is 3.81. The Balaban J connectivity index is 1.24. The number of carbonyl (C=O) groups excluding carboxylic acids is 2. The quantitative estimate of drug-likeness (QED) is 0.115. The van der Waals surface area contributed by atoms with Crippen LogP contribution in [0.25, 0.3) is 0 Å². The number of hydrogen-bond acceptors (Lipinski definition) is 3. The summed E-state index contributed by atoms with van der Waals surface area (Å²) in [7, 11) is 0. The van der Waals surface area contributed by atoms with Crippen molar-refractivity contribution in [3.63, 3.8) is 0 Å². The number of urea groups is 1. The smallest absolute Gasteiger partial charge is 0.319 e. The Morgan fingerprint density at radius 2 is 0.975 bits per heavy atom. The molecule has 0 atom stereocenters. The van der Waals surface area contributed by atoms with Crippen molar-refractivity contribution in [3.8, 4) is 0 Å². The monoisotopic (exact) mass is 551 g/mol. The van der Waals surface area contributed by atoms with E-state index < -0.39 is 4.75 Å². The molecule has 0 spiro atoms. The first-order valence-corrected chi connectivity index (χ1v) is 14.8. The maximum Gasteiger partial charge on any atom is 0.319 e. The van der Waals surface area contributed by atoms with Gasteiger partial charge in [0.15, 0.2) is 0 Å². The molecule has 0 radical (unpaired) electrons. The number of benzene rings is 4. The van der Waals surface area contributed by atoms with Crippen LogP contribution in [0.5, 0.6) is 0 Å². The number of para-hydroxylation sites is 1. The summed E-state index contributed by atoms with van der Waals surface area (Å²) in [6.45, 7) is 1.28. The van der Waals surface area contributed by atoms with Crippen molar-refractivity contribution in [1.82, 2.24) is 10.6 Å². The molecule has 0 fully saturated rings. The molecule has 0 saturated heterocycles. The number of carbonyl (C=O) groups is 2. The number of thioether (sulfide) groups is 1. The average molecular weight is 552 g/mol. The van der Waals surface area contributed by atoms with E-state index in [-0.39, 0.29) is 11.9 Å². The molecule has 3 amide bonds. The number of unbranched alkanes of at least 4 members (excludes halogenated alkanes) is 3. The van der Waals surface area contributed by atoms with Gasteiger partial charge in [0.25, 0.3) is 0 Å². The molecule has 4 rings (SSSR count). The molecular weight excluding hydrogens is 514 g/mol. The van der Waals surface area contributed by atoms with Crippen molar-refractivity contribution in [2.45, 2.75) is 30.4 Å². The fraction of sp³-hybridized carbons (Fsp3) is 0.235. The van der Waals surface area contributed by atoms with Gasteiger partial charge in [-0.15, -0.1) is 11.8 Å². The van der Waals surface area contributed by atoms with E-state index in [1.54, 1.807) is 11.8 Å². The Bertz CT molecular complexity index is 1210. The molecule has 206 valence electrons. The van der Waals surface area contributed by atoms with Crippen molar-refractivity contribution >= 4 is 29.4 Å². The summed E-state index contributed by atoms with van der Waals surface area (Å²) in [6, 6.07) is 40.5. The highest BCUT2D eigenvalue weighted by atomic mass is 32.2. The van der Waals surface area contributed by atoms with Crippen LogP contribution in [0.3, 0.4) is 0 Å². The summed E-state index contributed by atoms with van der Waals surface area (Å²) in [5.74, 6) is 0.385. The lowest BCUT2D eigenvalue weighted by Crippen LogP contribution is -2.31. The summed E-state index contributed by atoms with van der Waals surface area (Å²) in [5, 5.41) is 8.82. The van der Waals surface area contributed by atoms with Gasteiger partial charge in [-0.25, -0.2) is 4.79 Å². The Morgan fingerprint density at radius 1 is 0.550 bits per heavy atom. The fourth-order valence-electron chi connectivity index (χ4n) is 4.72. The molecule has 0 heterocycles. The van der Waals surface area contributed by atoms with Gasteiger partial charge in [0.05, 0.1) is 10.5 Å². The zero-order valence-electron chi connectivity index (χ0n) is 22.7. The molecule has 0 aliphatic carbocycles. The second-order valence-electron chi connectivity index (χ2n) is 9.58. The van der Waals surface area contributed by atoms with Crippen molar-refractivity contribution in [2.24, 2.45) is 0 Å². The molecule has 0 aromatic heterocycles. The minimum atomic E-state index is -0.499. The van der Waals surface area contributed by atoms with Gasteiger partial charge in [-0.2, -0.15) is 0 Å². The molecule has 0 aliphatic rings. The van der Waals surface area contributed by atoms with Gasteiger partial charge in [-0.05, 0) is 41.7 Å². The lowest BCUT2D eigenvalue weighted by Gasteiger charge is -2.35. The molecular formula is C34H37N3O2S. The minimum Gasteiger partial charge on any atom is -0.355 e. The Morgan fingerprint density at radius 3 is 1.45 bits per heavy atom. The molecule has 3 N–H and O–H groups in total. The third kappa shape index (κ3) is 8.23. The van der Waals surface area contributed by atoms with Crippen molar-refractivity contribution in [2.75, 3.05) is 24.2 Å². The average Bonchev–Trinajstić information content (AvgIpc) is 3.01. The Hall–Kier alpha value is -4.03. The van der Waals surface area contributed by atoms with Crippen LogP contribution in [-0.2, 0) is 9.54 Å². The number of anilines is 1. The van der Waals surface area contributed by atoms with Crippen LogP contribution in [0.2, 0.25) is 0 Å². The van der Waals surface area contributed by atoms with Crippen LogP contribution in [0.4, 0.5) is 10.5 Å². The topological polar surface area (TPSA) is 70.2 Å². The van der Waals surface area contributed by atoms with E-state index in [1.165, 1.54) is 0 Å². The predicted octanol–water partition coefficient (Wildman–Crippen LogP) is 7.21. The van der Waals surface area contributed by atoms with Crippen LogP contribution in [0, 0.1) is 0 Å². The van der Waals surface area contributed by atoms with Gasteiger partial charge in [0.2, 0.25) is 5.91 Å². The molecule has 6 heteroatoms. The molecule has 0 aliphatic heterocycles. The van der Waals surface area contributed by atoms with Gasteiger partial charge >= 0.3 is 6.03 Å². The standard InChI is InChI=1S/C34H37N3O2S/c38-32(35-25-15-1-2-16-26-36-33(39)37-31-23-13-6-14-24-31)27-40-34(28-17-7-3-8-18-28,29-19-9-4-10-20-29)30-21-11-5-12-22-30/h3-14,17-24H,1-2,15-16,25-27H2,(H,35,38)(H2,36,37,39). The number of amides is 3. The first kappa shape index (κ1) is 29.0. The highest BCUT2D eigenvalue weighted by Crippen LogP contribution is 2.48. The van der Waals surface area contributed by atoms with E-state index in [0.29, 0.717) is 18.8 Å². The SMILES string of the molecule is O=C(CSC(c1ccccc1)(c1ccccc1)c1ccccc1)NCCCCCCNC(=O)Nc1ccccc1. The summed E-state index contributed by atoms with van der Waals surface area (Å²) >= 11 is 1.66. The maximum atomic E-state index is 13.0.